The number of rotatable bonds is 3. The van der Waals surface area contributed by atoms with E-state index in [1.54, 1.807) is 0 Å². The van der Waals surface area contributed by atoms with Crippen LogP contribution in [0.4, 0.5) is 0 Å². The summed E-state index contributed by atoms with van der Waals surface area (Å²) in [6.45, 7) is 7.34. The van der Waals surface area contributed by atoms with Crippen LogP contribution in [-0.2, 0) is 6.42 Å². The van der Waals surface area contributed by atoms with Crippen LogP contribution in [0.15, 0.2) is 52.1 Å². The van der Waals surface area contributed by atoms with Gasteiger partial charge in [-0.15, -0.1) is 0 Å². The van der Waals surface area contributed by atoms with Gasteiger partial charge in [-0.25, -0.2) is 9.36 Å². The number of nitrogens with zero attached hydrogens (tertiary/aromatic N) is 2. The topological polar surface area (TPSA) is 94.1 Å². The molecule has 0 spiro atoms. The number of hydrogen-bond acceptors (Lipinski definition) is 4. The van der Waals surface area contributed by atoms with Crippen LogP contribution in [0.5, 0.6) is 5.88 Å². The third-order valence-corrected chi connectivity index (χ3v) is 6.40. The molecule has 0 fully saturated rings. The molecule has 2 aromatic heterocycles. The second kappa shape index (κ2) is 7.53. The lowest BCUT2D eigenvalue weighted by molar-refractivity contribution is 0.215. The van der Waals surface area contributed by atoms with E-state index in [1.807, 2.05) is 57.2 Å². The minimum Gasteiger partial charge on any atom is -0.494 e. The predicted molar refractivity (Wildman–Crippen MR) is 125 cm³/mol. The number of benzene rings is 2. The molecule has 1 atom stereocenters. The highest BCUT2D eigenvalue weighted by atomic mass is 16.3. The van der Waals surface area contributed by atoms with Gasteiger partial charge in [-0.3, -0.25) is 14.7 Å². The SMILES string of the molecule is CCN1CCc2c([nH]c3ccccc23)C1c1c(O)n(-c2cc(C)cc(C)c2)c(=O)[nH]c1=O. The molecule has 1 unspecified atom stereocenters. The average Bonchev–Trinajstić information content (AvgIpc) is 3.12. The van der Waals surface area contributed by atoms with Crippen molar-refractivity contribution in [3.63, 3.8) is 0 Å². The van der Waals surface area contributed by atoms with Gasteiger partial charge in [-0.05, 0) is 61.7 Å². The molecular weight excluding hydrogens is 404 g/mol. The van der Waals surface area contributed by atoms with Gasteiger partial charge in [0.05, 0.1) is 11.7 Å². The van der Waals surface area contributed by atoms with Crippen LogP contribution in [0.2, 0.25) is 0 Å². The van der Waals surface area contributed by atoms with E-state index in [2.05, 4.69) is 20.9 Å². The fourth-order valence-electron chi connectivity index (χ4n) is 5.06. The standard InChI is InChI=1S/C25H26N4O3/c1-4-28-10-9-18-17-7-5-6-8-19(17)26-21(18)22(28)20-23(30)27-25(32)29(24(20)31)16-12-14(2)11-15(3)13-16/h5-8,11-13,22,26,31H,4,9-10H2,1-3H3,(H,27,30,32). The number of H-pyrrole nitrogens is 2. The second-order valence-corrected chi connectivity index (χ2v) is 8.52. The number of aryl methyl sites for hydroxylation is 2. The summed E-state index contributed by atoms with van der Waals surface area (Å²) in [6.07, 6.45) is 0.846. The summed E-state index contributed by atoms with van der Waals surface area (Å²) >= 11 is 0. The van der Waals surface area contributed by atoms with Crippen LogP contribution in [0.25, 0.3) is 16.6 Å². The molecule has 3 heterocycles. The zero-order valence-electron chi connectivity index (χ0n) is 18.4. The van der Waals surface area contributed by atoms with E-state index in [0.717, 1.165) is 46.3 Å². The molecule has 0 aliphatic carbocycles. The van der Waals surface area contributed by atoms with Gasteiger partial charge in [0, 0.05) is 23.1 Å². The van der Waals surface area contributed by atoms with Crippen LogP contribution in [0.3, 0.4) is 0 Å². The fraction of sp³-hybridized carbons (Fsp3) is 0.280. The fourth-order valence-corrected chi connectivity index (χ4v) is 5.06. The molecule has 3 N–H and O–H groups in total. The molecule has 164 valence electrons. The summed E-state index contributed by atoms with van der Waals surface area (Å²) in [4.78, 5) is 34.0. The Kier molecular flexibility index (Phi) is 4.78. The zero-order valence-corrected chi connectivity index (χ0v) is 18.4. The van der Waals surface area contributed by atoms with E-state index in [4.69, 9.17) is 0 Å². The number of para-hydroxylation sites is 1. The number of nitrogens with one attached hydrogen (secondary N) is 2. The summed E-state index contributed by atoms with van der Waals surface area (Å²) in [5.74, 6) is -0.321. The molecule has 32 heavy (non-hydrogen) atoms. The van der Waals surface area contributed by atoms with Gasteiger partial charge in [-0.1, -0.05) is 31.2 Å². The molecule has 7 heteroatoms. The highest BCUT2D eigenvalue weighted by Gasteiger charge is 2.35. The third-order valence-electron chi connectivity index (χ3n) is 6.40. The summed E-state index contributed by atoms with van der Waals surface area (Å²) in [5.41, 5.74) is 4.45. The predicted octanol–water partition coefficient (Wildman–Crippen LogP) is 3.30. The molecule has 5 rings (SSSR count). The molecule has 4 aromatic rings. The Bertz CT molecular complexity index is 1440. The first kappa shape index (κ1) is 20.3. The molecule has 7 nitrogen and oxygen atoms in total. The van der Waals surface area contributed by atoms with Crippen LogP contribution in [0, 0.1) is 13.8 Å². The van der Waals surface area contributed by atoms with Crippen LogP contribution in [0.1, 0.15) is 40.9 Å². The minimum absolute atomic E-state index is 0.179. The maximum absolute atomic E-state index is 13.1. The van der Waals surface area contributed by atoms with Crippen LogP contribution >= 0.6 is 0 Å². The van der Waals surface area contributed by atoms with Crippen molar-refractivity contribution < 1.29 is 5.11 Å². The van der Waals surface area contributed by atoms with Crippen LogP contribution < -0.4 is 11.2 Å². The monoisotopic (exact) mass is 430 g/mol. The minimum atomic E-state index is -0.656. The molecule has 0 bridgehead atoms. The lowest BCUT2D eigenvalue weighted by Gasteiger charge is -2.35. The summed E-state index contributed by atoms with van der Waals surface area (Å²) in [5, 5.41) is 12.5. The van der Waals surface area contributed by atoms with Crippen molar-refractivity contribution in [1.82, 2.24) is 19.4 Å². The molecule has 0 saturated carbocycles. The largest absolute Gasteiger partial charge is 0.494 e. The Hall–Kier alpha value is -3.58. The van der Waals surface area contributed by atoms with Crippen molar-refractivity contribution in [2.24, 2.45) is 0 Å². The van der Waals surface area contributed by atoms with Gasteiger partial charge < -0.3 is 10.1 Å². The van der Waals surface area contributed by atoms with Gasteiger partial charge in [0.1, 0.15) is 5.56 Å². The highest BCUT2D eigenvalue weighted by molar-refractivity contribution is 5.85. The lowest BCUT2D eigenvalue weighted by atomic mass is 9.93. The summed E-state index contributed by atoms with van der Waals surface area (Å²) in [6, 6.07) is 13.2. The van der Waals surface area contributed by atoms with E-state index < -0.39 is 17.3 Å². The number of hydrogen-bond donors (Lipinski definition) is 3. The smallest absolute Gasteiger partial charge is 0.335 e. The molecular formula is C25H26N4O3. The van der Waals surface area contributed by atoms with Crippen molar-refractivity contribution in [1.29, 1.82) is 0 Å². The van der Waals surface area contributed by atoms with Crippen molar-refractivity contribution >= 4 is 10.9 Å². The van der Waals surface area contributed by atoms with E-state index in [1.165, 1.54) is 4.57 Å². The zero-order chi connectivity index (χ0) is 22.6. The van der Waals surface area contributed by atoms with Crippen LogP contribution in [-0.4, -0.2) is 37.6 Å². The molecule has 1 aliphatic heterocycles. The number of aromatic nitrogens is 3. The first-order valence-corrected chi connectivity index (χ1v) is 10.9. The van der Waals surface area contributed by atoms with Crippen molar-refractivity contribution in [3.05, 3.63) is 91.3 Å². The number of likely N-dealkylation sites (N-methyl/N-ethyl adjacent to an activating group) is 1. The Morgan fingerprint density at radius 3 is 2.50 bits per heavy atom. The lowest BCUT2D eigenvalue weighted by Crippen LogP contribution is -2.41. The molecule has 0 saturated heterocycles. The van der Waals surface area contributed by atoms with Gasteiger partial charge in [0.25, 0.3) is 5.56 Å². The Morgan fingerprint density at radius 1 is 1.06 bits per heavy atom. The normalized spacial score (nSPS) is 16.4. The maximum Gasteiger partial charge on any atom is 0.335 e. The van der Waals surface area contributed by atoms with E-state index in [9.17, 15) is 14.7 Å². The van der Waals surface area contributed by atoms with E-state index in [0.29, 0.717) is 12.2 Å². The van der Waals surface area contributed by atoms with Gasteiger partial charge in [0.2, 0.25) is 5.88 Å². The Morgan fingerprint density at radius 2 is 1.78 bits per heavy atom. The van der Waals surface area contributed by atoms with Crippen molar-refractivity contribution in [2.75, 3.05) is 13.1 Å². The Balaban J connectivity index is 1.80. The van der Waals surface area contributed by atoms with Gasteiger partial charge >= 0.3 is 5.69 Å². The third kappa shape index (κ3) is 3.08. The average molecular weight is 431 g/mol. The second-order valence-electron chi connectivity index (χ2n) is 8.52. The number of aromatic hydroxyl groups is 1. The van der Waals surface area contributed by atoms with E-state index in [-0.39, 0.29) is 11.4 Å². The summed E-state index contributed by atoms with van der Waals surface area (Å²) < 4.78 is 1.20. The first-order chi connectivity index (χ1) is 15.4. The maximum atomic E-state index is 13.1. The Labute approximate surface area is 185 Å². The van der Waals surface area contributed by atoms with Crippen molar-refractivity contribution in [2.45, 2.75) is 33.2 Å². The summed E-state index contributed by atoms with van der Waals surface area (Å²) in [7, 11) is 0. The number of fused-ring (bicyclic) bond motifs is 3. The highest BCUT2D eigenvalue weighted by Crippen LogP contribution is 2.39. The molecule has 1 aliphatic rings. The molecule has 0 amide bonds. The van der Waals surface area contributed by atoms with E-state index >= 15 is 0 Å². The molecule has 2 aromatic carbocycles. The molecule has 0 radical (unpaired) electrons. The quantitative estimate of drug-likeness (QED) is 0.465. The first-order valence-electron chi connectivity index (χ1n) is 10.9. The van der Waals surface area contributed by atoms with Gasteiger partial charge in [0.15, 0.2) is 0 Å². The number of aromatic amines is 2. The van der Waals surface area contributed by atoms with Gasteiger partial charge in [-0.2, -0.15) is 0 Å². The van der Waals surface area contributed by atoms with Crippen molar-refractivity contribution in [3.8, 4) is 11.6 Å².